The second-order valence-corrected chi connectivity index (χ2v) is 3.65. The number of ether oxygens (including phenoxy) is 1. The van der Waals surface area contributed by atoms with Gasteiger partial charge in [-0.25, -0.2) is 0 Å². The number of carbonyl (C=O) groups is 1. The third-order valence-corrected chi connectivity index (χ3v) is 2.59. The maximum absolute atomic E-state index is 10.9. The second kappa shape index (κ2) is 7.00. The van der Waals surface area contributed by atoms with Gasteiger partial charge in [0.25, 0.3) is 0 Å². The Morgan fingerprint density at radius 1 is 1.40 bits per heavy atom. The summed E-state index contributed by atoms with van der Waals surface area (Å²) in [5.41, 5.74) is 0. The van der Waals surface area contributed by atoms with Crippen molar-refractivity contribution in [3.8, 4) is 0 Å². The highest BCUT2D eigenvalue weighted by Gasteiger charge is 2.27. The zero-order valence-corrected chi connectivity index (χ0v) is 10.00. The van der Waals surface area contributed by atoms with E-state index in [9.17, 15) is 4.79 Å². The van der Waals surface area contributed by atoms with Gasteiger partial charge < -0.3 is 14.7 Å². The molecular weight excluding hydrogens is 220 g/mol. The molecule has 0 aromatic heterocycles. The van der Waals surface area contributed by atoms with Crippen LogP contribution in [0.3, 0.4) is 0 Å². The molecule has 0 saturated carbocycles. The molecule has 0 spiro atoms. The van der Waals surface area contributed by atoms with Crippen LogP contribution in [0.4, 0.5) is 0 Å². The van der Waals surface area contributed by atoms with Crippen LogP contribution >= 0.6 is 12.4 Å². The lowest BCUT2D eigenvalue weighted by atomic mass is 10.2. The van der Waals surface area contributed by atoms with E-state index in [2.05, 4.69) is 4.90 Å². The van der Waals surface area contributed by atoms with E-state index in [1.165, 1.54) is 7.11 Å². The average molecular weight is 239 g/mol. The Bertz CT molecular complexity index is 196. The van der Waals surface area contributed by atoms with Crippen LogP contribution in [0.15, 0.2) is 0 Å². The fourth-order valence-electron chi connectivity index (χ4n) is 1.62. The van der Waals surface area contributed by atoms with Crippen molar-refractivity contribution in [2.75, 3.05) is 46.9 Å². The van der Waals surface area contributed by atoms with Crippen LogP contribution in [0.25, 0.3) is 0 Å². The van der Waals surface area contributed by atoms with Crippen molar-refractivity contribution in [3.63, 3.8) is 0 Å². The van der Waals surface area contributed by atoms with Gasteiger partial charge in [-0.3, -0.25) is 9.69 Å². The molecule has 6 heteroatoms. The lowest BCUT2D eigenvalue weighted by Crippen LogP contribution is -2.53. The Balaban J connectivity index is 0.00000196. The highest BCUT2D eigenvalue weighted by molar-refractivity contribution is 5.85. The van der Waals surface area contributed by atoms with Crippen molar-refractivity contribution >= 4 is 18.4 Å². The standard InChI is InChI=1S/C9H18N2O3.ClH/c1-10-3-5-11(6-4-10)8(7-14-2)9(12)13;/h8H,3-7H2,1-2H3,(H,12,13);1H. The van der Waals surface area contributed by atoms with E-state index in [0.29, 0.717) is 0 Å². The van der Waals surface area contributed by atoms with Crippen molar-refractivity contribution in [2.45, 2.75) is 6.04 Å². The molecule has 0 bridgehead atoms. The molecule has 1 atom stereocenters. The molecule has 1 fully saturated rings. The Labute approximate surface area is 96.4 Å². The predicted molar refractivity (Wildman–Crippen MR) is 59.6 cm³/mol. The summed E-state index contributed by atoms with van der Waals surface area (Å²) in [5.74, 6) is -0.795. The lowest BCUT2D eigenvalue weighted by molar-refractivity contribution is -0.146. The van der Waals surface area contributed by atoms with Gasteiger partial charge in [-0.05, 0) is 7.05 Å². The van der Waals surface area contributed by atoms with E-state index < -0.39 is 12.0 Å². The molecule has 1 unspecified atom stereocenters. The molecule has 1 aliphatic heterocycles. The smallest absolute Gasteiger partial charge is 0.323 e. The SMILES string of the molecule is COCC(C(=O)O)N1CCN(C)CC1.Cl. The summed E-state index contributed by atoms with van der Waals surface area (Å²) in [5, 5.41) is 8.99. The van der Waals surface area contributed by atoms with Gasteiger partial charge in [-0.15, -0.1) is 12.4 Å². The first-order valence-corrected chi connectivity index (χ1v) is 4.79. The van der Waals surface area contributed by atoms with Gasteiger partial charge in [0.2, 0.25) is 0 Å². The highest BCUT2D eigenvalue weighted by Crippen LogP contribution is 2.05. The number of methoxy groups -OCH3 is 1. The average Bonchev–Trinajstić information content (AvgIpc) is 2.15. The molecule has 15 heavy (non-hydrogen) atoms. The molecular formula is C9H19ClN2O3. The Kier molecular flexibility index (Phi) is 6.84. The van der Waals surface area contributed by atoms with E-state index in [-0.39, 0.29) is 19.0 Å². The second-order valence-electron chi connectivity index (χ2n) is 3.65. The summed E-state index contributed by atoms with van der Waals surface area (Å²) in [6.45, 7) is 3.72. The van der Waals surface area contributed by atoms with Crippen molar-refractivity contribution < 1.29 is 14.6 Å². The number of carboxylic acid groups (broad SMARTS) is 1. The van der Waals surface area contributed by atoms with Crippen LogP contribution < -0.4 is 0 Å². The first-order valence-electron chi connectivity index (χ1n) is 4.79. The molecule has 0 aliphatic carbocycles. The Morgan fingerprint density at radius 3 is 2.33 bits per heavy atom. The van der Waals surface area contributed by atoms with E-state index in [0.717, 1.165) is 26.2 Å². The van der Waals surface area contributed by atoms with E-state index in [1.54, 1.807) is 0 Å². The maximum atomic E-state index is 10.9. The fraction of sp³-hybridized carbons (Fsp3) is 0.889. The lowest BCUT2D eigenvalue weighted by Gasteiger charge is -2.35. The molecule has 1 aliphatic rings. The summed E-state index contributed by atoms with van der Waals surface area (Å²) in [7, 11) is 3.58. The fourth-order valence-corrected chi connectivity index (χ4v) is 1.62. The molecule has 0 amide bonds. The normalized spacial score (nSPS) is 20.7. The molecule has 90 valence electrons. The number of aliphatic carboxylic acids is 1. The van der Waals surface area contributed by atoms with Crippen LogP contribution in [0, 0.1) is 0 Å². The topological polar surface area (TPSA) is 53.0 Å². The van der Waals surface area contributed by atoms with E-state index >= 15 is 0 Å². The van der Waals surface area contributed by atoms with Crippen LogP contribution in [0.2, 0.25) is 0 Å². The van der Waals surface area contributed by atoms with Gasteiger partial charge >= 0.3 is 5.97 Å². The maximum Gasteiger partial charge on any atom is 0.323 e. The largest absolute Gasteiger partial charge is 0.480 e. The number of nitrogens with zero attached hydrogens (tertiary/aromatic N) is 2. The van der Waals surface area contributed by atoms with Crippen LogP contribution in [0.5, 0.6) is 0 Å². The molecule has 0 aromatic carbocycles. The Morgan fingerprint density at radius 2 is 1.93 bits per heavy atom. The molecule has 1 heterocycles. The first-order chi connectivity index (χ1) is 6.65. The zero-order chi connectivity index (χ0) is 10.6. The van der Waals surface area contributed by atoms with Crippen molar-refractivity contribution in [2.24, 2.45) is 0 Å². The number of piperazine rings is 1. The van der Waals surface area contributed by atoms with Crippen LogP contribution in [-0.4, -0.2) is 73.9 Å². The summed E-state index contributed by atoms with van der Waals surface area (Å²) in [6, 6.07) is -0.492. The number of halogens is 1. The zero-order valence-electron chi connectivity index (χ0n) is 9.18. The molecule has 1 saturated heterocycles. The van der Waals surface area contributed by atoms with Crippen molar-refractivity contribution in [3.05, 3.63) is 0 Å². The number of hydrogen-bond donors (Lipinski definition) is 1. The van der Waals surface area contributed by atoms with E-state index in [4.69, 9.17) is 9.84 Å². The van der Waals surface area contributed by atoms with Gasteiger partial charge in [0.15, 0.2) is 0 Å². The quantitative estimate of drug-likeness (QED) is 0.733. The summed E-state index contributed by atoms with van der Waals surface area (Å²) in [4.78, 5) is 15.1. The van der Waals surface area contributed by atoms with Gasteiger partial charge in [0, 0.05) is 33.3 Å². The predicted octanol–water partition coefficient (Wildman–Crippen LogP) is -0.245. The summed E-state index contributed by atoms with van der Waals surface area (Å²) in [6.07, 6.45) is 0. The minimum Gasteiger partial charge on any atom is -0.480 e. The number of rotatable bonds is 4. The van der Waals surface area contributed by atoms with E-state index in [1.807, 2.05) is 11.9 Å². The monoisotopic (exact) mass is 238 g/mol. The number of carboxylic acids is 1. The van der Waals surface area contributed by atoms with Gasteiger partial charge in [-0.2, -0.15) is 0 Å². The molecule has 1 N–H and O–H groups in total. The van der Waals surface area contributed by atoms with Crippen molar-refractivity contribution in [1.82, 2.24) is 9.80 Å². The molecule has 5 nitrogen and oxygen atoms in total. The van der Waals surface area contributed by atoms with Gasteiger partial charge in [0.1, 0.15) is 6.04 Å². The molecule has 0 radical (unpaired) electrons. The number of likely N-dealkylation sites (N-methyl/N-ethyl adjacent to an activating group) is 1. The summed E-state index contributed by atoms with van der Waals surface area (Å²) >= 11 is 0. The van der Waals surface area contributed by atoms with Crippen molar-refractivity contribution in [1.29, 1.82) is 0 Å². The third-order valence-electron chi connectivity index (χ3n) is 2.59. The number of hydrogen-bond acceptors (Lipinski definition) is 4. The van der Waals surface area contributed by atoms with Gasteiger partial charge in [0.05, 0.1) is 6.61 Å². The molecule has 0 aromatic rings. The summed E-state index contributed by atoms with van der Waals surface area (Å²) < 4.78 is 4.91. The third kappa shape index (κ3) is 4.34. The Hall–Kier alpha value is -0.360. The minimum atomic E-state index is -0.795. The molecule has 1 rings (SSSR count). The van der Waals surface area contributed by atoms with Crippen LogP contribution in [-0.2, 0) is 9.53 Å². The van der Waals surface area contributed by atoms with Crippen LogP contribution in [0.1, 0.15) is 0 Å². The first kappa shape index (κ1) is 14.6. The highest BCUT2D eigenvalue weighted by atomic mass is 35.5. The van der Waals surface area contributed by atoms with Gasteiger partial charge in [-0.1, -0.05) is 0 Å². The minimum absolute atomic E-state index is 0.